The number of fused-ring (bicyclic) bond motifs is 6. The Kier molecular flexibility index (Phi) is 12.3. The molecule has 12 rings (SSSR count). The maximum absolute atomic E-state index is 16.2. The van der Waals surface area contributed by atoms with E-state index in [1.54, 1.807) is 9.13 Å². The molecule has 0 atom stereocenters. The average molecular weight is 1060 g/mol. The van der Waals surface area contributed by atoms with Gasteiger partial charge in [0.2, 0.25) is 0 Å². The molecule has 0 unspecified atom stereocenters. The van der Waals surface area contributed by atoms with Crippen LogP contribution in [0.1, 0.15) is 61.2 Å². The van der Waals surface area contributed by atoms with Crippen LogP contribution in [0.2, 0.25) is 0 Å². The van der Waals surface area contributed by atoms with Crippen LogP contribution in [0.4, 0.5) is 26.3 Å². The number of nitriles is 1. The van der Waals surface area contributed by atoms with Crippen molar-refractivity contribution in [1.82, 2.24) is 9.13 Å². The third-order valence-corrected chi connectivity index (χ3v) is 15.9. The van der Waals surface area contributed by atoms with Gasteiger partial charge in [0.1, 0.15) is 0 Å². The minimum Gasteiger partial charge on any atom is -0.308 e. The maximum atomic E-state index is 16.2. The first-order chi connectivity index (χ1) is 38.2. The van der Waals surface area contributed by atoms with E-state index in [0.717, 1.165) is 107 Å². The Labute approximate surface area is 460 Å². The zero-order valence-electron chi connectivity index (χ0n) is 45.4. The van der Waals surface area contributed by atoms with Crippen LogP contribution in [-0.4, -0.2) is 9.13 Å². The fraction of sp³-hybridized carbons (Fsp3) is 0.141. The molecule has 2 heterocycles. The van der Waals surface area contributed by atoms with Crippen LogP contribution in [0, 0.1) is 66.7 Å². The summed E-state index contributed by atoms with van der Waals surface area (Å²) in [5, 5.41) is 14.2. The number of alkyl halides is 6. The zero-order chi connectivity index (χ0) is 56.3. The number of halogens is 6. The quantitative estimate of drug-likeness (QED) is 0.146. The maximum Gasteiger partial charge on any atom is 0.417 e. The van der Waals surface area contributed by atoms with Crippen molar-refractivity contribution < 1.29 is 26.3 Å². The summed E-state index contributed by atoms with van der Waals surface area (Å²) in [6, 6.07) is 55.6. The number of hydrogen-bond donors (Lipinski definition) is 0. The molecule has 9 heteroatoms. The summed E-state index contributed by atoms with van der Waals surface area (Å²) in [6.07, 6.45) is -10.6. The van der Waals surface area contributed by atoms with Crippen LogP contribution in [0.15, 0.2) is 176 Å². The van der Waals surface area contributed by atoms with Gasteiger partial charge in [-0.05, 0) is 171 Å². The van der Waals surface area contributed by atoms with E-state index < -0.39 is 29.0 Å². The van der Waals surface area contributed by atoms with Crippen molar-refractivity contribution in [2.24, 2.45) is 0 Å². The summed E-state index contributed by atoms with van der Waals surface area (Å²) in [5.74, 6) is 0. The highest BCUT2D eigenvalue weighted by molar-refractivity contribution is 6.14. The Morgan fingerprint density at radius 3 is 0.875 bits per heavy atom. The molecular weight excluding hydrogens is 1010 g/mol. The zero-order valence-corrected chi connectivity index (χ0v) is 45.4. The van der Waals surface area contributed by atoms with Gasteiger partial charge in [-0.3, -0.25) is 0 Å². The van der Waals surface area contributed by atoms with Crippen LogP contribution in [0.25, 0.3) is 111 Å². The van der Waals surface area contributed by atoms with E-state index in [4.69, 9.17) is 0 Å². The Hall–Kier alpha value is -9.13. The molecule has 0 aliphatic rings. The van der Waals surface area contributed by atoms with E-state index in [1.807, 2.05) is 177 Å². The molecule has 0 aliphatic heterocycles. The highest BCUT2D eigenvalue weighted by Gasteiger charge is 2.43. The predicted molar refractivity (Wildman–Crippen MR) is 315 cm³/mol. The van der Waals surface area contributed by atoms with Crippen molar-refractivity contribution in [1.29, 1.82) is 5.26 Å². The molecule has 3 nitrogen and oxygen atoms in total. The molecule has 2 aromatic heterocycles. The molecule has 0 saturated carbocycles. The molecule has 394 valence electrons. The molecular formula is C71H53F6N3. The molecule has 0 N–H and O–H groups in total. The normalized spacial score (nSPS) is 12.1. The van der Waals surface area contributed by atoms with Gasteiger partial charge in [-0.2, -0.15) is 31.6 Å². The highest BCUT2D eigenvalue weighted by Crippen LogP contribution is 2.52. The second-order valence-electron chi connectivity index (χ2n) is 21.6. The van der Waals surface area contributed by atoms with E-state index in [2.05, 4.69) is 30.3 Å². The number of aromatic nitrogens is 2. The summed E-state index contributed by atoms with van der Waals surface area (Å²) >= 11 is 0. The smallest absolute Gasteiger partial charge is 0.308 e. The van der Waals surface area contributed by atoms with Crippen LogP contribution in [0.5, 0.6) is 0 Å². The van der Waals surface area contributed by atoms with Gasteiger partial charge in [0.25, 0.3) is 0 Å². The highest BCUT2D eigenvalue weighted by atomic mass is 19.4. The molecule has 0 radical (unpaired) electrons. The van der Waals surface area contributed by atoms with Gasteiger partial charge in [0, 0.05) is 32.7 Å². The van der Waals surface area contributed by atoms with Gasteiger partial charge >= 0.3 is 12.4 Å². The molecule has 0 spiro atoms. The molecule has 0 bridgehead atoms. The van der Waals surface area contributed by atoms with Gasteiger partial charge < -0.3 is 9.13 Å². The van der Waals surface area contributed by atoms with Crippen molar-refractivity contribution in [2.45, 2.75) is 67.7 Å². The lowest BCUT2D eigenvalue weighted by Gasteiger charge is -2.26. The van der Waals surface area contributed by atoms with E-state index >= 15 is 26.3 Å². The standard InChI is InChI=1S/C71H53F6N3/c1-39-12-20-52(43(5)28-39)48-16-24-56-57-25-17-49(53-21-13-40(2)29-44(53)6)35-63(57)79(62(56)34-48)66-32-47(38-78)33-67(69(66)68-60(70(72,73)74)10-9-11-61(68)71(75,76)77)80-64-36-50(54-22-14-41(3)30-45(54)7)18-26-58(64)59-27-19-51(37-65(59)80)55-23-15-42(4)31-46(55)8/h9-37H,1-8H3. The van der Waals surface area contributed by atoms with Crippen LogP contribution in [0.3, 0.4) is 0 Å². The van der Waals surface area contributed by atoms with Crippen molar-refractivity contribution in [3.8, 4) is 73.1 Å². The molecule has 80 heavy (non-hydrogen) atoms. The van der Waals surface area contributed by atoms with Gasteiger partial charge in [-0.15, -0.1) is 0 Å². The van der Waals surface area contributed by atoms with Crippen molar-refractivity contribution >= 4 is 43.6 Å². The second kappa shape index (κ2) is 19.1. The van der Waals surface area contributed by atoms with Crippen molar-refractivity contribution in [2.75, 3.05) is 0 Å². The monoisotopic (exact) mass is 1060 g/mol. The van der Waals surface area contributed by atoms with Gasteiger partial charge in [-0.25, -0.2) is 0 Å². The predicted octanol–water partition coefficient (Wildman–Crippen LogP) is 20.6. The topological polar surface area (TPSA) is 33.6 Å². The third-order valence-electron chi connectivity index (χ3n) is 15.9. The number of benzene rings is 10. The Bertz CT molecular complexity index is 4120. The fourth-order valence-electron chi connectivity index (χ4n) is 12.4. The van der Waals surface area contributed by atoms with E-state index in [1.165, 1.54) is 12.1 Å². The Morgan fingerprint density at radius 1 is 0.338 bits per heavy atom. The van der Waals surface area contributed by atoms with Crippen molar-refractivity contribution in [3.63, 3.8) is 0 Å². The number of nitrogens with zero attached hydrogens (tertiary/aromatic N) is 3. The summed E-state index contributed by atoms with van der Waals surface area (Å²) in [6.45, 7) is 16.1. The number of aryl methyl sites for hydroxylation is 8. The molecule has 0 amide bonds. The van der Waals surface area contributed by atoms with Gasteiger partial charge in [-0.1, -0.05) is 150 Å². The lowest BCUT2D eigenvalue weighted by Crippen LogP contribution is -2.16. The molecule has 0 aliphatic carbocycles. The fourth-order valence-corrected chi connectivity index (χ4v) is 12.4. The molecule has 0 saturated heterocycles. The van der Waals surface area contributed by atoms with E-state index in [0.29, 0.717) is 43.6 Å². The Morgan fingerprint density at radius 2 is 0.625 bits per heavy atom. The van der Waals surface area contributed by atoms with Crippen LogP contribution >= 0.6 is 0 Å². The first-order valence-corrected chi connectivity index (χ1v) is 26.5. The summed E-state index contributed by atoms with van der Waals surface area (Å²) in [5.41, 5.74) is 12.6. The third kappa shape index (κ3) is 8.71. The van der Waals surface area contributed by atoms with Crippen LogP contribution in [-0.2, 0) is 12.4 Å². The van der Waals surface area contributed by atoms with Crippen molar-refractivity contribution in [3.05, 3.63) is 237 Å². The lowest BCUT2D eigenvalue weighted by molar-refractivity contribution is -0.142. The second-order valence-corrected chi connectivity index (χ2v) is 21.6. The Balaban J connectivity index is 1.32. The number of rotatable bonds is 7. The summed E-state index contributed by atoms with van der Waals surface area (Å²) in [7, 11) is 0. The van der Waals surface area contributed by atoms with Gasteiger partial charge in [0.15, 0.2) is 0 Å². The SMILES string of the molecule is Cc1ccc(-c2ccc3c4ccc(-c5ccc(C)cc5C)cc4n(-c4cc(C#N)cc(-n5c6cc(-c7ccc(C)cc7C)ccc6c6ccc(-c7ccc(C)cc7C)cc65)c4-c4c(C(F)(F)F)cccc4C(F)(F)F)c3c2)c(C)c1. The summed E-state index contributed by atoms with van der Waals surface area (Å²) in [4.78, 5) is 0. The first-order valence-electron chi connectivity index (χ1n) is 26.5. The van der Waals surface area contributed by atoms with E-state index in [9.17, 15) is 5.26 Å². The molecule has 10 aromatic carbocycles. The molecule has 0 fully saturated rings. The minimum atomic E-state index is -5.28. The summed E-state index contributed by atoms with van der Waals surface area (Å²) < 4.78 is 101. The lowest BCUT2D eigenvalue weighted by atomic mass is 9.89. The largest absolute Gasteiger partial charge is 0.417 e. The van der Waals surface area contributed by atoms with Gasteiger partial charge in [0.05, 0.1) is 56.2 Å². The van der Waals surface area contributed by atoms with E-state index in [-0.39, 0.29) is 22.5 Å². The average Bonchev–Trinajstić information content (AvgIpc) is 4.14. The van der Waals surface area contributed by atoms with Crippen LogP contribution < -0.4 is 0 Å². The number of hydrogen-bond acceptors (Lipinski definition) is 1. The minimum absolute atomic E-state index is 0.0222. The first kappa shape index (κ1) is 51.6. The molecule has 12 aromatic rings.